The van der Waals surface area contributed by atoms with Crippen LogP contribution in [0.3, 0.4) is 0 Å². The molecule has 0 unspecified atom stereocenters. The molecular formula is C13H27N3S. The van der Waals surface area contributed by atoms with E-state index >= 15 is 0 Å². The highest BCUT2D eigenvalue weighted by molar-refractivity contribution is 8.13. The van der Waals surface area contributed by atoms with E-state index in [1.165, 1.54) is 18.6 Å². The van der Waals surface area contributed by atoms with Gasteiger partial charge < -0.3 is 10.2 Å². The number of aliphatic imine (C=N–C) groups is 1. The minimum atomic E-state index is 0.454. The second kappa shape index (κ2) is 7.27. The lowest BCUT2D eigenvalue weighted by Crippen LogP contribution is -2.37. The van der Waals surface area contributed by atoms with Crippen LogP contribution in [0.1, 0.15) is 33.6 Å². The second-order valence-corrected chi connectivity index (χ2v) is 5.90. The normalized spacial score (nSPS) is 19.2. The van der Waals surface area contributed by atoms with Crippen molar-refractivity contribution < 1.29 is 0 Å². The van der Waals surface area contributed by atoms with Crippen LogP contribution in [0.4, 0.5) is 0 Å². The average molecular weight is 257 g/mol. The van der Waals surface area contributed by atoms with Crippen LogP contribution in [-0.4, -0.2) is 49.0 Å². The van der Waals surface area contributed by atoms with Crippen molar-refractivity contribution in [3.63, 3.8) is 0 Å². The molecule has 4 heteroatoms. The van der Waals surface area contributed by atoms with Crippen molar-refractivity contribution in [2.45, 2.75) is 33.6 Å². The van der Waals surface area contributed by atoms with E-state index in [0.29, 0.717) is 5.41 Å². The summed E-state index contributed by atoms with van der Waals surface area (Å²) in [6.07, 6.45) is 2.48. The van der Waals surface area contributed by atoms with Gasteiger partial charge in [0, 0.05) is 25.4 Å². The fourth-order valence-electron chi connectivity index (χ4n) is 1.85. The van der Waals surface area contributed by atoms with Crippen molar-refractivity contribution in [2.24, 2.45) is 10.4 Å². The zero-order valence-corrected chi connectivity index (χ0v) is 12.6. The summed E-state index contributed by atoms with van der Waals surface area (Å²) in [5, 5.41) is 4.59. The van der Waals surface area contributed by atoms with Crippen molar-refractivity contribution in [1.82, 2.24) is 10.2 Å². The van der Waals surface area contributed by atoms with Gasteiger partial charge in [0.15, 0.2) is 5.17 Å². The molecule has 0 aliphatic carbocycles. The highest BCUT2D eigenvalue weighted by Crippen LogP contribution is 2.34. The Bertz CT molecular complexity index is 249. The minimum absolute atomic E-state index is 0.454. The first-order valence-corrected chi connectivity index (χ1v) is 7.74. The van der Waals surface area contributed by atoms with Crippen molar-refractivity contribution in [1.29, 1.82) is 0 Å². The first kappa shape index (κ1) is 14.8. The van der Waals surface area contributed by atoms with E-state index in [2.05, 4.69) is 38.0 Å². The van der Waals surface area contributed by atoms with Crippen molar-refractivity contribution >= 4 is 16.9 Å². The Morgan fingerprint density at radius 2 is 2.06 bits per heavy atom. The van der Waals surface area contributed by atoms with Crippen LogP contribution in [0.2, 0.25) is 0 Å². The van der Waals surface area contributed by atoms with E-state index in [0.717, 1.165) is 31.3 Å². The van der Waals surface area contributed by atoms with Crippen LogP contribution in [-0.2, 0) is 0 Å². The molecule has 0 aromatic rings. The zero-order chi connectivity index (χ0) is 12.7. The van der Waals surface area contributed by atoms with Gasteiger partial charge in [-0.15, -0.1) is 0 Å². The van der Waals surface area contributed by atoms with Gasteiger partial charge in [-0.3, -0.25) is 4.99 Å². The van der Waals surface area contributed by atoms with E-state index in [-0.39, 0.29) is 0 Å². The lowest BCUT2D eigenvalue weighted by Gasteiger charge is -2.33. The number of nitrogens with zero attached hydrogens (tertiary/aromatic N) is 2. The summed E-state index contributed by atoms with van der Waals surface area (Å²) in [6.45, 7) is 10.9. The molecule has 1 heterocycles. The zero-order valence-electron chi connectivity index (χ0n) is 11.8. The highest BCUT2D eigenvalue weighted by Gasteiger charge is 2.29. The van der Waals surface area contributed by atoms with E-state index in [1.54, 1.807) is 0 Å². The third kappa shape index (κ3) is 4.51. The van der Waals surface area contributed by atoms with Crippen LogP contribution in [0.15, 0.2) is 4.99 Å². The smallest absolute Gasteiger partial charge is 0.156 e. The summed E-state index contributed by atoms with van der Waals surface area (Å²) in [7, 11) is 2.15. The molecule has 1 N–H and O–H groups in total. The Morgan fingerprint density at radius 1 is 1.35 bits per heavy atom. The highest BCUT2D eigenvalue weighted by atomic mass is 32.2. The van der Waals surface area contributed by atoms with Gasteiger partial charge in [0.1, 0.15) is 0 Å². The number of nitrogens with one attached hydrogen (secondary N) is 1. The van der Waals surface area contributed by atoms with Gasteiger partial charge in [-0.2, -0.15) is 0 Å². The molecule has 0 saturated heterocycles. The maximum atomic E-state index is 4.70. The summed E-state index contributed by atoms with van der Waals surface area (Å²) in [5.74, 6) is 1.22. The summed E-state index contributed by atoms with van der Waals surface area (Å²) >= 11 is 1.90. The summed E-state index contributed by atoms with van der Waals surface area (Å²) in [4.78, 5) is 7.01. The third-order valence-corrected chi connectivity index (χ3v) is 5.19. The van der Waals surface area contributed by atoms with Gasteiger partial charge in [-0.05, 0) is 31.8 Å². The first-order valence-electron chi connectivity index (χ1n) is 6.75. The Hall–Kier alpha value is -0.220. The molecule has 0 radical (unpaired) electrons. The number of thioether (sulfide) groups is 1. The maximum Gasteiger partial charge on any atom is 0.156 e. The molecule has 0 bridgehead atoms. The van der Waals surface area contributed by atoms with Crippen LogP contribution >= 0.6 is 11.8 Å². The number of rotatable bonds is 6. The quantitative estimate of drug-likeness (QED) is 0.792. The monoisotopic (exact) mass is 257 g/mol. The molecule has 1 aliphatic heterocycles. The summed E-state index contributed by atoms with van der Waals surface area (Å²) in [6, 6.07) is 0. The molecular weight excluding hydrogens is 230 g/mol. The molecule has 1 aliphatic rings. The van der Waals surface area contributed by atoms with Gasteiger partial charge in [0.2, 0.25) is 0 Å². The Morgan fingerprint density at radius 3 is 2.53 bits per heavy atom. The number of likely N-dealkylation sites (N-methyl/N-ethyl adjacent to an activating group) is 1. The molecule has 100 valence electrons. The standard InChI is InChI=1S/C13H27N3S/c1-5-13(6-2)10-15-12(17-11-13)14-8-9-16(4)7-3/h5-11H2,1-4H3,(H,14,15). The summed E-state index contributed by atoms with van der Waals surface area (Å²) in [5.41, 5.74) is 0.454. The third-order valence-electron chi connectivity index (χ3n) is 3.88. The predicted molar refractivity (Wildman–Crippen MR) is 78.9 cm³/mol. The molecule has 0 amide bonds. The molecule has 0 spiro atoms. The molecule has 0 fully saturated rings. The Labute approximate surface area is 110 Å². The van der Waals surface area contributed by atoms with Crippen LogP contribution in [0, 0.1) is 5.41 Å². The molecule has 0 aromatic carbocycles. The van der Waals surface area contributed by atoms with E-state index in [4.69, 9.17) is 4.99 Å². The number of hydrogen-bond donors (Lipinski definition) is 1. The van der Waals surface area contributed by atoms with E-state index in [9.17, 15) is 0 Å². The number of hydrogen-bond acceptors (Lipinski definition) is 4. The topological polar surface area (TPSA) is 27.6 Å². The SMILES string of the molecule is CCN(C)CCNC1=NCC(CC)(CC)CS1. The largest absolute Gasteiger partial charge is 0.364 e. The van der Waals surface area contributed by atoms with Gasteiger partial charge in [0.05, 0.1) is 0 Å². The summed E-state index contributed by atoms with van der Waals surface area (Å²) < 4.78 is 0. The molecule has 17 heavy (non-hydrogen) atoms. The average Bonchev–Trinajstić information content (AvgIpc) is 2.39. The van der Waals surface area contributed by atoms with Crippen LogP contribution in [0.25, 0.3) is 0 Å². The lowest BCUT2D eigenvalue weighted by atomic mass is 9.84. The first-order chi connectivity index (χ1) is 8.15. The molecule has 0 saturated carbocycles. The van der Waals surface area contributed by atoms with Crippen LogP contribution in [0.5, 0.6) is 0 Å². The molecule has 1 rings (SSSR count). The minimum Gasteiger partial charge on any atom is -0.364 e. The number of amidine groups is 1. The van der Waals surface area contributed by atoms with E-state index in [1.807, 2.05) is 11.8 Å². The van der Waals surface area contributed by atoms with Gasteiger partial charge in [0.25, 0.3) is 0 Å². The molecule has 0 aromatic heterocycles. The lowest BCUT2D eigenvalue weighted by molar-refractivity contribution is 0.317. The van der Waals surface area contributed by atoms with Crippen molar-refractivity contribution in [2.75, 3.05) is 39.0 Å². The molecule has 3 nitrogen and oxygen atoms in total. The van der Waals surface area contributed by atoms with Crippen molar-refractivity contribution in [3.8, 4) is 0 Å². The fraction of sp³-hybridized carbons (Fsp3) is 0.923. The second-order valence-electron chi connectivity index (χ2n) is 4.94. The van der Waals surface area contributed by atoms with E-state index < -0.39 is 0 Å². The predicted octanol–water partition coefficient (Wildman–Crippen LogP) is 2.44. The fourth-order valence-corrected chi connectivity index (χ4v) is 3.15. The van der Waals surface area contributed by atoms with Gasteiger partial charge in [-0.1, -0.05) is 32.5 Å². The maximum absolute atomic E-state index is 4.70. The molecule has 0 atom stereocenters. The Kier molecular flexibility index (Phi) is 6.34. The van der Waals surface area contributed by atoms with Crippen molar-refractivity contribution in [3.05, 3.63) is 0 Å². The van der Waals surface area contributed by atoms with Crippen LogP contribution < -0.4 is 5.32 Å². The van der Waals surface area contributed by atoms with Gasteiger partial charge in [-0.25, -0.2) is 0 Å². The van der Waals surface area contributed by atoms with Gasteiger partial charge >= 0.3 is 0 Å². The Balaban J connectivity index is 2.31.